The maximum absolute atomic E-state index is 13.0. The molecule has 8 nitrogen and oxygen atoms in total. The van der Waals surface area contributed by atoms with Gasteiger partial charge in [0.25, 0.3) is 15.9 Å². The number of nitrogens with one attached hydrogen (secondary N) is 2. The van der Waals surface area contributed by atoms with Crippen molar-refractivity contribution < 1.29 is 17.9 Å². The summed E-state index contributed by atoms with van der Waals surface area (Å²) >= 11 is 0.803. The molecular weight excluding hydrogens is 436 g/mol. The molecule has 2 N–H and O–H groups in total. The number of carbonyl (C=O) groups is 1. The lowest BCUT2D eigenvalue weighted by molar-refractivity contribution is 0.0702. The largest absolute Gasteiger partial charge is 0.487 e. The van der Waals surface area contributed by atoms with Crippen LogP contribution in [0.1, 0.15) is 47.8 Å². The number of ether oxygens (including phenoxy) is 1. The zero-order chi connectivity index (χ0) is 22.2. The van der Waals surface area contributed by atoms with E-state index in [2.05, 4.69) is 20.2 Å². The number of aromatic nitrogens is 2. The molecule has 0 aliphatic carbocycles. The van der Waals surface area contributed by atoms with Gasteiger partial charge in [-0.2, -0.15) is 0 Å². The number of amides is 1. The van der Waals surface area contributed by atoms with Gasteiger partial charge in [-0.25, -0.2) is 13.1 Å². The lowest BCUT2D eigenvalue weighted by Gasteiger charge is -2.37. The van der Waals surface area contributed by atoms with Crippen LogP contribution in [0, 0.1) is 6.92 Å². The first-order valence-corrected chi connectivity index (χ1v) is 12.0. The number of nitrogens with zero attached hydrogens (tertiary/aromatic N) is 2. The van der Waals surface area contributed by atoms with Crippen LogP contribution >= 0.6 is 11.3 Å². The third-order valence-electron chi connectivity index (χ3n) is 4.92. The minimum Gasteiger partial charge on any atom is -0.487 e. The fraction of sp³-hybridized carbons (Fsp3) is 0.286. The molecule has 3 aromatic rings. The highest BCUT2D eigenvalue weighted by atomic mass is 32.2. The number of sulfonamides is 1. The molecule has 1 amide bonds. The molecular formula is C21H22N4O4S2. The minimum atomic E-state index is -3.95. The topological polar surface area (TPSA) is 110 Å². The van der Waals surface area contributed by atoms with Gasteiger partial charge in [-0.1, -0.05) is 47.7 Å². The number of para-hydroxylation sites is 1. The Kier molecular flexibility index (Phi) is 5.54. The van der Waals surface area contributed by atoms with Crippen molar-refractivity contribution in [2.75, 3.05) is 5.32 Å². The molecule has 1 aliphatic heterocycles. The second-order valence-electron chi connectivity index (χ2n) is 7.92. The Morgan fingerprint density at radius 2 is 1.84 bits per heavy atom. The van der Waals surface area contributed by atoms with Crippen molar-refractivity contribution in [3.05, 3.63) is 65.2 Å². The summed E-state index contributed by atoms with van der Waals surface area (Å²) in [4.78, 5) is 12.5. The SMILES string of the molecule is Cc1ccccc1C(=O)Nc1nnc(S(=O)(=O)N[C@H]2CC(C)(C)Oc3ccccc32)s1. The highest BCUT2D eigenvalue weighted by Crippen LogP contribution is 2.40. The summed E-state index contributed by atoms with van der Waals surface area (Å²) in [6.07, 6.45) is 0.457. The van der Waals surface area contributed by atoms with Gasteiger partial charge >= 0.3 is 0 Å². The molecule has 1 aliphatic rings. The third kappa shape index (κ3) is 4.60. The van der Waals surface area contributed by atoms with Crippen LogP contribution in [-0.2, 0) is 10.0 Å². The molecule has 10 heteroatoms. The number of hydrogen-bond donors (Lipinski definition) is 2. The molecule has 0 saturated heterocycles. The number of fused-ring (bicyclic) bond motifs is 1. The molecule has 0 radical (unpaired) electrons. The van der Waals surface area contributed by atoms with Gasteiger partial charge in [-0.15, -0.1) is 10.2 Å². The van der Waals surface area contributed by atoms with Crippen LogP contribution in [0.2, 0.25) is 0 Å². The Morgan fingerprint density at radius 1 is 1.13 bits per heavy atom. The second-order valence-corrected chi connectivity index (χ2v) is 10.8. The van der Waals surface area contributed by atoms with Crippen LogP contribution in [0.4, 0.5) is 5.13 Å². The third-order valence-corrected chi connectivity index (χ3v) is 7.60. The van der Waals surface area contributed by atoms with Crippen molar-refractivity contribution in [3.8, 4) is 5.75 Å². The smallest absolute Gasteiger partial charge is 0.270 e. The van der Waals surface area contributed by atoms with E-state index in [0.717, 1.165) is 22.5 Å². The summed E-state index contributed by atoms with van der Waals surface area (Å²) in [5.74, 6) is 0.279. The Morgan fingerprint density at radius 3 is 2.61 bits per heavy atom. The highest BCUT2D eigenvalue weighted by Gasteiger charge is 2.36. The zero-order valence-electron chi connectivity index (χ0n) is 17.2. The molecule has 4 rings (SSSR count). The van der Waals surface area contributed by atoms with Gasteiger partial charge in [0.1, 0.15) is 11.4 Å². The summed E-state index contributed by atoms with van der Waals surface area (Å²) in [5, 5.41) is 10.4. The summed E-state index contributed by atoms with van der Waals surface area (Å²) in [6.45, 7) is 5.64. The molecule has 0 bridgehead atoms. The summed E-state index contributed by atoms with van der Waals surface area (Å²) in [6, 6.07) is 14.0. The van der Waals surface area contributed by atoms with E-state index >= 15 is 0 Å². The fourth-order valence-electron chi connectivity index (χ4n) is 3.51. The Hall–Kier alpha value is -2.82. The van der Waals surface area contributed by atoms with E-state index in [1.54, 1.807) is 12.1 Å². The average molecular weight is 459 g/mol. The van der Waals surface area contributed by atoms with Crippen LogP contribution in [0.3, 0.4) is 0 Å². The second kappa shape index (κ2) is 8.03. The fourth-order valence-corrected chi connectivity index (χ4v) is 5.63. The number of hydrogen-bond acceptors (Lipinski definition) is 7. The lowest BCUT2D eigenvalue weighted by Crippen LogP contribution is -2.41. The van der Waals surface area contributed by atoms with E-state index in [1.165, 1.54) is 0 Å². The zero-order valence-corrected chi connectivity index (χ0v) is 18.9. The van der Waals surface area contributed by atoms with E-state index < -0.39 is 21.7 Å². The summed E-state index contributed by atoms with van der Waals surface area (Å²) in [5.41, 5.74) is 1.53. The molecule has 0 saturated carbocycles. The van der Waals surface area contributed by atoms with E-state index in [0.29, 0.717) is 17.7 Å². The number of anilines is 1. The van der Waals surface area contributed by atoms with Crippen molar-refractivity contribution in [1.82, 2.24) is 14.9 Å². The van der Waals surface area contributed by atoms with Gasteiger partial charge in [0.15, 0.2) is 0 Å². The van der Waals surface area contributed by atoms with Gasteiger partial charge in [0.2, 0.25) is 9.47 Å². The van der Waals surface area contributed by atoms with E-state index in [1.807, 2.05) is 57.2 Å². The van der Waals surface area contributed by atoms with Gasteiger partial charge in [-0.3, -0.25) is 10.1 Å². The Labute approximate surface area is 184 Å². The van der Waals surface area contributed by atoms with Gasteiger partial charge in [0, 0.05) is 17.5 Å². The Bertz CT molecular complexity index is 1240. The molecule has 162 valence electrons. The van der Waals surface area contributed by atoms with Gasteiger partial charge in [0.05, 0.1) is 6.04 Å². The van der Waals surface area contributed by atoms with Gasteiger partial charge < -0.3 is 4.74 Å². The molecule has 0 spiro atoms. The molecule has 0 fully saturated rings. The summed E-state index contributed by atoms with van der Waals surface area (Å²) < 4.78 is 34.4. The number of benzene rings is 2. The monoisotopic (exact) mass is 458 g/mol. The number of carbonyl (C=O) groups excluding carboxylic acids is 1. The molecule has 0 unspecified atom stereocenters. The van der Waals surface area contributed by atoms with Crippen molar-refractivity contribution in [2.24, 2.45) is 0 Å². The van der Waals surface area contributed by atoms with Crippen LogP contribution < -0.4 is 14.8 Å². The first-order valence-electron chi connectivity index (χ1n) is 9.65. The van der Waals surface area contributed by atoms with Crippen molar-refractivity contribution in [3.63, 3.8) is 0 Å². The maximum atomic E-state index is 13.0. The van der Waals surface area contributed by atoms with Crippen LogP contribution in [-0.4, -0.2) is 30.1 Å². The standard InChI is InChI=1S/C21H22N4O4S2/c1-13-8-4-5-9-14(13)18(26)22-19-23-24-20(30-19)31(27,28)25-16-12-21(2,3)29-17-11-7-6-10-15(16)17/h4-11,16,25H,12H2,1-3H3,(H,22,23,26)/t16-/m0/s1. The number of aryl methyl sites for hydroxylation is 1. The molecule has 2 heterocycles. The van der Waals surface area contributed by atoms with E-state index in [-0.39, 0.29) is 15.4 Å². The first-order chi connectivity index (χ1) is 14.6. The van der Waals surface area contributed by atoms with Crippen molar-refractivity contribution >= 4 is 32.4 Å². The van der Waals surface area contributed by atoms with Crippen LogP contribution in [0.25, 0.3) is 0 Å². The molecule has 2 aromatic carbocycles. The van der Waals surface area contributed by atoms with E-state index in [4.69, 9.17) is 4.74 Å². The normalized spacial score (nSPS) is 17.5. The van der Waals surface area contributed by atoms with Crippen LogP contribution in [0.5, 0.6) is 5.75 Å². The quantitative estimate of drug-likeness (QED) is 0.565. The Balaban J connectivity index is 1.54. The predicted octanol–water partition coefficient (Wildman–Crippen LogP) is 3.68. The lowest BCUT2D eigenvalue weighted by atomic mass is 9.90. The molecule has 1 atom stereocenters. The molecule has 1 aromatic heterocycles. The van der Waals surface area contributed by atoms with Gasteiger partial charge in [-0.05, 0) is 38.5 Å². The maximum Gasteiger partial charge on any atom is 0.270 e. The van der Waals surface area contributed by atoms with E-state index in [9.17, 15) is 13.2 Å². The average Bonchev–Trinajstić information content (AvgIpc) is 3.16. The minimum absolute atomic E-state index is 0.112. The van der Waals surface area contributed by atoms with Crippen molar-refractivity contribution in [1.29, 1.82) is 0 Å². The summed E-state index contributed by atoms with van der Waals surface area (Å²) in [7, 11) is -3.95. The predicted molar refractivity (Wildman–Crippen MR) is 118 cm³/mol. The number of rotatable bonds is 5. The molecule has 31 heavy (non-hydrogen) atoms. The van der Waals surface area contributed by atoms with Crippen molar-refractivity contribution in [2.45, 2.75) is 43.2 Å². The van der Waals surface area contributed by atoms with Crippen LogP contribution in [0.15, 0.2) is 52.9 Å². The first kappa shape index (κ1) is 21.4. The highest BCUT2D eigenvalue weighted by molar-refractivity contribution is 7.91.